The zero-order valence-electron chi connectivity index (χ0n) is 11.5. The first-order valence-corrected chi connectivity index (χ1v) is 7.16. The molecule has 0 aliphatic heterocycles. The van der Waals surface area contributed by atoms with Crippen LogP contribution in [0.15, 0.2) is 59.2 Å². The highest BCUT2D eigenvalue weighted by atomic mass is 79.9. The van der Waals surface area contributed by atoms with Gasteiger partial charge in [-0.3, -0.25) is 4.79 Å². The Morgan fingerprint density at radius 3 is 2.55 bits per heavy atom. The molecule has 0 radical (unpaired) electrons. The fraction of sp³-hybridized carbons (Fsp3) is 0.118. The van der Waals surface area contributed by atoms with Crippen LogP contribution < -0.4 is 5.32 Å². The minimum absolute atomic E-state index is 0.00680. The number of rotatable bonds is 4. The van der Waals surface area contributed by atoms with E-state index in [-0.39, 0.29) is 5.78 Å². The Kier molecular flexibility index (Phi) is 4.74. The van der Waals surface area contributed by atoms with Gasteiger partial charge in [-0.05, 0) is 59.1 Å². The number of hydrogen-bond acceptors (Lipinski definition) is 2. The highest BCUT2D eigenvalue weighted by Gasteiger charge is 2.03. The maximum absolute atomic E-state index is 12.0. The maximum Gasteiger partial charge on any atom is 0.187 e. The molecule has 0 saturated heterocycles. The molecule has 0 bridgehead atoms. The average Bonchev–Trinajstić information content (AvgIpc) is 2.44. The van der Waals surface area contributed by atoms with Crippen LogP contribution in [0.25, 0.3) is 0 Å². The van der Waals surface area contributed by atoms with E-state index in [2.05, 4.69) is 21.2 Å². The quantitative estimate of drug-likeness (QED) is 0.640. The summed E-state index contributed by atoms with van der Waals surface area (Å²) < 4.78 is 0.961. The van der Waals surface area contributed by atoms with Crippen LogP contribution in [0.4, 0.5) is 5.69 Å². The average molecular weight is 330 g/mol. The second-order valence-corrected chi connectivity index (χ2v) is 5.48. The molecule has 2 nitrogen and oxygen atoms in total. The molecule has 2 aromatic carbocycles. The van der Waals surface area contributed by atoms with Gasteiger partial charge >= 0.3 is 0 Å². The second kappa shape index (κ2) is 6.53. The van der Waals surface area contributed by atoms with Crippen molar-refractivity contribution in [3.05, 3.63) is 75.9 Å². The number of aryl methyl sites for hydroxylation is 2. The lowest BCUT2D eigenvalue weighted by atomic mass is 10.0. The number of carbonyl (C=O) groups excluding carboxylic acids is 1. The number of allylic oxidation sites excluding steroid dienone is 1. The second-order valence-electron chi connectivity index (χ2n) is 4.62. The molecule has 0 saturated carbocycles. The van der Waals surface area contributed by atoms with Gasteiger partial charge in [-0.15, -0.1) is 0 Å². The molecule has 0 amide bonds. The number of nitrogens with one attached hydrogen (secondary N) is 1. The SMILES string of the molecule is Cc1ccc(C(=O)/C=C/Nc2ccccc2Br)cc1C. The van der Waals surface area contributed by atoms with Gasteiger partial charge in [0, 0.05) is 22.3 Å². The fourth-order valence-electron chi connectivity index (χ4n) is 1.78. The van der Waals surface area contributed by atoms with E-state index in [9.17, 15) is 4.79 Å². The van der Waals surface area contributed by atoms with Crippen molar-refractivity contribution in [2.24, 2.45) is 0 Å². The first-order valence-electron chi connectivity index (χ1n) is 6.37. The van der Waals surface area contributed by atoms with Crippen molar-refractivity contribution in [2.45, 2.75) is 13.8 Å². The third-order valence-electron chi connectivity index (χ3n) is 3.14. The van der Waals surface area contributed by atoms with E-state index in [1.165, 1.54) is 5.56 Å². The van der Waals surface area contributed by atoms with Crippen LogP contribution in [-0.2, 0) is 0 Å². The maximum atomic E-state index is 12.0. The van der Waals surface area contributed by atoms with Crippen molar-refractivity contribution >= 4 is 27.4 Å². The molecule has 2 rings (SSSR count). The molecule has 0 spiro atoms. The highest BCUT2D eigenvalue weighted by molar-refractivity contribution is 9.10. The minimum atomic E-state index is -0.00680. The summed E-state index contributed by atoms with van der Waals surface area (Å²) in [5, 5.41) is 3.09. The van der Waals surface area contributed by atoms with E-state index >= 15 is 0 Å². The van der Waals surface area contributed by atoms with Crippen molar-refractivity contribution in [1.82, 2.24) is 0 Å². The summed E-state index contributed by atoms with van der Waals surface area (Å²) in [6, 6.07) is 13.5. The van der Waals surface area contributed by atoms with Crippen molar-refractivity contribution in [3.63, 3.8) is 0 Å². The molecule has 0 unspecified atom stereocenters. The summed E-state index contributed by atoms with van der Waals surface area (Å²) in [4.78, 5) is 12.0. The molecular formula is C17H16BrNO. The zero-order valence-corrected chi connectivity index (χ0v) is 13.1. The molecule has 0 atom stereocenters. The van der Waals surface area contributed by atoms with Crippen LogP contribution in [0.1, 0.15) is 21.5 Å². The highest BCUT2D eigenvalue weighted by Crippen LogP contribution is 2.21. The Balaban J connectivity index is 2.06. The normalized spacial score (nSPS) is 10.8. The predicted molar refractivity (Wildman–Crippen MR) is 87.2 cm³/mol. The Bertz CT molecular complexity index is 662. The molecule has 0 aliphatic rings. The summed E-state index contributed by atoms with van der Waals surface area (Å²) >= 11 is 3.44. The van der Waals surface area contributed by atoms with Gasteiger partial charge < -0.3 is 5.32 Å². The smallest absolute Gasteiger partial charge is 0.187 e. The summed E-state index contributed by atoms with van der Waals surface area (Å²) in [6.07, 6.45) is 3.21. The van der Waals surface area contributed by atoms with Crippen molar-refractivity contribution in [2.75, 3.05) is 5.32 Å². The van der Waals surface area contributed by atoms with Crippen molar-refractivity contribution < 1.29 is 4.79 Å². The van der Waals surface area contributed by atoms with Crippen LogP contribution in [0.5, 0.6) is 0 Å². The first-order chi connectivity index (χ1) is 9.58. The number of halogens is 1. The van der Waals surface area contributed by atoms with Crippen molar-refractivity contribution in [1.29, 1.82) is 0 Å². The van der Waals surface area contributed by atoms with E-state index < -0.39 is 0 Å². The van der Waals surface area contributed by atoms with Crippen LogP contribution in [-0.4, -0.2) is 5.78 Å². The third-order valence-corrected chi connectivity index (χ3v) is 3.83. The Hall–Kier alpha value is -1.87. The van der Waals surface area contributed by atoms with Gasteiger partial charge in [0.25, 0.3) is 0 Å². The molecule has 1 N–H and O–H groups in total. The van der Waals surface area contributed by atoms with Crippen LogP contribution in [0.2, 0.25) is 0 Å². The largest absolute Gasteiger partial charge is 0.361 e. The van der Waals surface area contributed by atoms with E-state index in [4.69, 9.17) is 0 Å². The van der Waals surface area contributed by atoms with Gasteiger partial charge in [-0.1, -0.05) is 24.3 Å². The summed E-state index contributed by atoms with van der Waals surface area (Å²) in [5.41, 5.74) is 3.95. The van der Waals surface area contributed by atoms with E-state index in [1.807, 2.05) is 56.3 Å². The molecule has 3 heteroatoms. The van der Waals surface area contributed by atoms with Gasteiger partial charge in [0.2, 0.25) is 0 Å². The predicted octanol–water partition coefficient (Wildman–Crippen LogP) is 4.87. The van der Waals surface area contributed by atoms with Crippen molar-refractivity contribution in [3.8, 4) is 0 Å². The molecule has 2 aromatic rings. The molecular weight excluding hydrogens is 314 g/mol. The molecule has 20 heavy (non-hydrogen) atoms. The zero-order chi connectivity index (χ0) is 14.5. The van der Waals surface area contributed by atoms with Crippen LogP contribution in [0.3, 0.4) is 0 Å². The number of para-hydroxylation sites is 1. The summed E-state index contributed by atoms with van der Waals surface area (Å²) in [5.74, 6) is -0.00680. The molecule has 0 heterocycles. The van der Waals surface area contributed by atoms with Gasteiger partial charge in [0.15, 0.2) is 5.78 Å². The lowest BCUT2D eigenvalue weighted by molar-refractivity contribution is 0.104. The number of benzene rings is 2. The van der Waals surface area contributed by atoms with E-state index in [0.717, 1.165) is 15.7 Å². The summed E-state index contributed by atoms with van der Waals surface area (Å²) in [6.45, 7) is 4.04. The van der Waals surface area contributed by atoms with Crippen LogP contribution in [0, 0.1) is 13.8 Å². The lowest BCUT2D eigenvalue weighted by Gasteiger charge is -2.04. The minimum Gasteiger partial charge on any atom is -0.361 e. The lowest BCUT2D eigenvalue weighted by Crippen LogP contribution is -1.97. The molecule has 0 aromatic heterocycles. The molecule has 102 valence electrons. The Labute approximate surface area is 127 Å². The van der Waals surface area contributed by atoms with Gasteiger partial charge in [0.05, 0.1) is 5.69 Å². The standard InChI is InChI=1S/C17H16BrNO/c1-12-7-8-14(11-13(12)2)17(20)9-10-19-16-6-4-3-5-15(16)18/h3-11,19H,1-2H3/b10-9+. The molecule has 0 aliphatic carbocycles. The Morgan fingerprint density at radius 1 is 1.10 bits per heavy atom. The fourth-order valence-corrected chi connectivity index (χ4v) is 2.18. The van der Waals surface area contributed by atoms with Crippen LogP contribution >= 0.6 is 15.9 Å². The summed E-state index contributed by atoms with van der Waals surface area (Å²) in [7, 11) is 0. The first kappa shape index (κ1) is 14.5. The topological polar surface area (TPSA) is 29.1 Å². The van der Waals surface area contributed by atoms with E-state index in [0.29, 0.717) is 5.56 Å². The number of ketones is 1. The van der Waals surface area contributed by atoms with Gasteiger partial charge in [-0.25, -0.2) is 0 Å². The number of anilines is 1. The number of hydrogen-bond donors (Lipinski definition) is 1. The van der Waals surface area contributed by atoms with E-state index in [1.54, 1.807) is 12.3 Å². The van der Waals surface area contributed by atoms with Gasteiger partial charge in [0.1, 0.15) is 0 Å². The molecule has 0 fully saturated rings. The monoisotopic (exact) mass is 329 g/mol. The van der Waals surface area contributed by atoms with Gasteiger partial charge in [-0.2, -0.15) is 0 Å². The third kappa shape index (κ3) is 3.58. The number of carbonyl (C=O) groups is 1. The Morgan fingerprint density at radius 2 is 1.85 bits per heavy atom.